The fraction of sp³-hybridized carbons (Fsp3) is 0.667. The lowest BCUT2D eigenvalue weighted by molar-refractivity contribution is -0.140. The summed E-state index contributed by atoms with van der Waals surface area (Å²) in [5.41, 5.74) is 0. The molecule has 0 aromatic rings. The smallest absolute Gasteiger partial charge is 0.328 e. The molecule has 1 heterocycles. The Kier molecular flexibility index (Phi) is 10.1. The first-order valence-corrected chi connectivity index (χ1v) is 8.52. The summed E-state index contributed by atoms with van der Waals surface area (Å²) in [6.45, 7) is 2.63. The molecule has 0 radical (unpaired) electrons. The first-order valence-electron chi connectivity index (χ1n) is 8.52. The van der Waals surface area contributed by atoms with Crippen LogP contribution >= 0.6 is 0 Å². The summed E-state index contributed by atoms with van der Waals surface area (Å²) in [4.78, 5) is 22.8. The van der Waals surface area contributed by atoms with E-state index in [4.69, 9.17) is 4.74 Å². The van der Waals surface area contributed by atoms with Crippen molar-refractivity contribution < 1.29 is 14.3 Å². The second-order valence-electron chi connectivity index (χ2n) is 5.67. The zero-order valence-electron chi connectivity index (χ0n) is 13.7. The van der Waals surface area contributed by atoms with Gasteiger partial charge in [-0.05, 0) is 38.2 Å². The number of allylic oxidation sites excluding steroid dienone is 3. The maximum atomic E-state index is 11.6. The van der Waals surface area contributed by atoms with Gasteiger partial charge < -0.3 is 10.1 Å². The molecular formula is C18H29NO3. The Morgan fingerprint density at radius 1 is 1.14 bits per heavy atom. The van der Waals surface area contributed by atoms with Crippen molar-refractivity contribution in [2.45, 2.75) is 70.8 Å². The van der Waals surface area contributed by atoms with Crippen molar-refractivity contribution in [3.8, 4) is 0 Å². The third-order valence-electron chi connectivity index (χ3n) is 3.65. The van der Waals surface area contributed by atoms with Crippen molar-refractivity contribution in [1.29, 1.82) is 0 Å². The number of unbranched alkanes of at least 4 members (excludes halogenated alkanes) is 6. The van der Waals surface area contributed by atoms with Gasteiger partial charge in [0, 0.05) is 6.42 Å². The van der Waals surface area contributed by atoms with Crippen molar-refractivity contribution in [1.82, 2.24) is 5.32 Å². The van der Waals surface area contributed by atoms with E-state index in [0.29, 0.717) is 13.0 Å². The van der Waals surface area contributed by atoms with Crippen LogP contribution in [-0.2, 0) is 14.3 Å². The van der Waals surface area contributed by atoms with Crippen LogP contribution in [0.25, 0.3) is 0 Å². The van der Waals surface area contributed by atoms with Crippen LogP contribution in [0.2, 0.25) is 0 Å². The fourth-order valence-corrected chi connectivity index (χ4v) is 2.32. The lowest BCUT2D eigenvalue weighted by Gasteiger charge is -2.05. The molecule has 22 heavy (non-hydrogen) atoms. The van der Waals surface area contributed by atoms with E-state index in [-0.39, 0.29) is 11.9 Å². The minimum atomic E-state index is -0.465. The van der Waals surface area contributed by atoms with E-state index < -0.39 is 6.04 Å². The molecule has 1 rings (SSSR count). The third-order valence-corrected chi connectivity index (χ3v) is 3.65. The van der Waals surface area contributed by atoms with Gasteiger partial charge in [0.15, 0.2) is 0 Å². The van der Waals surface area contributed by atoms with Crippen molar-refractivity contribution >= 4 is 11.9 Å². The summed E-state index contributed by atoms with van der Waals surface area (Å²) in [6, 6.07) is -0.465. The average molecular weight is 307 g/mol. The van der Waals surface area contributed by atoms with Gasteiger partial charge >= 0.3 is 5.97 Å². The van der Waals surface area contributed by atoms with E-state index in [1.54, 1.807) is 0 Å². The Hall–Kier alpha value is -1.58. The molecule has 0 saturated carbocycles. The Balaban J connectivity index is 1.98. The molecule has 4 nitrogen and oxygen atoms in total. The van der Waals surface area contributed by atoms with Crippen LogP contribution in [0.3, 0.4) is 0 Å². The van der Waals surface area contributed by atoms with Gasteiger partial charge in [-0.3, -0.25) is 4.79 Å². The van der Waals surface area contributed by atoms with Crippen LogP contribution in [0.15, 0.2) is 24.3 Å². The Morgan fingerprint density at radius 3 is 2.55 bits per heavy atom. The molecule has 1 amide bonds. The summed E-state index contributed by atoms with van der Waals surface area (Å²) >= 11 is 0. The average Bonchev–Trinajstić information content (AvgIpc) is 2.90. The van der Waals surface area contributed by atoms with Gasteiger partial charge in [-0.2, -0.15) is 0 Å². The molecule has 4 heteroatoms. The van der Waals surface area contributed by atoms with Crippen LogP contribution in [0, 0.1) is 0 Å². The van der Waals surface area contributed by atoms with Crippen molar-refractivity contribution in [3.63, 3.8) is 0 Å². The number of hydrogen-bond donors (Lipinski definition) is 1. The van der Waals surface area contributed by atoms with Gasteiger partial charge in [0.05, 0.1) is 6.61 Å². The van der Waals surface area contributed by atoms with Crippen molar-refractivity contribution in [3.05, 3.63) is 24.3 Å². The molecule has 124 valence electrons. The highest BCUT2D eigenvalue weighted by molar-refractivity contribution is 5.91. The highest BCUT2D eigenvalue weighted by Gasteiger charge is 2.26. The van der Waals surface area contributed by atoms with Gasteiger partial charge in [0.1, 0.15) is 6.04 Å². The summed E-state index contributed by atoms with van der Waals surface area (Å²) in [6.07, 6.45) is 17.8. The molecule has 1 atom stereocenters. The topological polar surface area (TPSA) is 55.4 Å². The van der Waals surface area contributed by atoms with E-state index >= 15 is 0 Å². The predicted molar refractivity (Wildman–Crippen MR) is 88.4 cm³/mol. The standard InChI is InChI=1S/C18H29NO3/c1-2-3-4-5-6-7-8-9-10-11-12-13-17(20)19-16-14-15-22-18(16)21/h7-8,12-13,16H,2-6,9-11,14-15H2,1H3,(H,19,20)/b8-7-,13-12-/t16-/m0/s1. The molecule has 1 N–H and O–H groups in total. The molecule has 0 unspecified atom stereocenters. The predicted octanol–water partition coefficient (Wildman–Crippen LogP) is 3.67. The molecule has 1 fully saturated rings. The molecule has 0 spiro atoms. The minimum Gasteiger partial charge on any atom is -0.464 e. The first-order chi connectivity index (χ1) is 10.7. The molecule has 1 aliphatic heterocycles. The van der Waals surface area contributed by atoms with Gasteiger partial charge in [-0.25, -0.2) is 4.79 Å². The van der Waals surface area contributed by atoms with E-state index in [0.717, 1.165) is 19.3 Å². The number of cyclic esters (lactones) is 1. The summed E-state index contributed by atoms with van der Waals surface area (Å²) in [7, 11) is 0. The number of carbonyl (C=O) groups is 2. The summed E-state index contributed by atoms with van der Waals surface area (Å²) in [5.74, 6) is -0.541. The molecule has 0 aliphatic carbocycles. The Labute approximate surface area is 134 Å². The summed E-state index contributed by atoms with van der Waals surface area (Å²) < 4.78 is 4.79. The molecule has 1 aliphatic rings. The Morgan fingerprint density at radius 2 is 1.86 bits per heavy atom. The van der Waals surface area contributed by atoms with E-state index in [2.05, 4.69) is 24.4 Å². The first kappa shape index (κ1) is 18.5. The molecule has 0 aromatic heterocycles. The monoisotopic (exact) mass is 307 g/mol. The van der Waals surface area contributed by atoms with Crippen LogP contribution < -0.4 is 5.32 Å². The van der Waals surface area contributed by atoms with Crippen LogP contribution in [0.1, 0.15) is 64.7 Å². The van der Waals surface area contributed by atoms with Gasteiger partial charge in [0.25, 0.3) is 0 Å². The van der Waals surface area contributed by atoms with Crippen LogP contribution in [0.4, 0.5) is 0 Å². The van der Waals surface area contributed by atoms with E-state index in [1.165, 1.54) is 38.2 Å². The van der Waals surface area contributed by atoms with Crippen LogP contribution in [0.5, 0.6) is 0 Å². The zero-order valence-corrected chi connectivity index (χ0v) is 13.7. The lowest BCUT2D eigenvalue weighted by atomic mass is 10.1. The maximum Gasteiger partial charge on any atom is 0.328 e. The minimum absolute atomic E-state index is 0.213. The van der Waals surface area contributed by atoms with E-state index in [9.17, 15) is 9.59 Å². The quantitative estimate of drug-likeness (QED) is 0.274. The second kappa shape index (κ2) is 12.0. The van der Waals surface area contributed by atoms with Gasteiger partial charge in [-0.1, -0.05) is 44.4 Å². The van der Waals surface area contributed by atoms with E-state index in [1.807, 2.05) is 6.08 Å². The molecule has 0 aromatic carbocycles. The number of nitrogens with one attached hydrogen (secondary N) is 1. The number of amides is 1. The van der Waals surface area contributed by atoms with Crippen molar-refractivity contribution in [2.24, 2.45) is 0 Å². The highest BCUT2D eigenvalue weighted by Crippen LogP contribution is 2.06. The molecular weight excluding hydrogens is 278 g/mol. The SMILES string of the molecule is CCCCCC/C=C\CCC/C=C\C(=O)N[C@H]1CCOC1=O. The van der Waals surface area contributed by atoms with Gasteiger partial charge in [0.2, 0.25) is 5.91 Å². The second-order valence-corrected chi connectivity index (χ2v) is 5.67. The summed E-state index contributed by atoms with van der Waals surface area (Å²) in [5, 5.41) is 2.65. The molecule has 0 bridgehead atoms. The number of carbonyl (C=O) groups excluding carboxylic acids is 2. The Bertz CT molecular complexity index is 388. The van der Waals surface area contributed by atoms with Crippen LogP contribution in [-0.4, -0.2) is 24.5 Å². The fourth-order valence-electron chi connectivity index (χ4n) is 2.32. The number of hydrogen-bond acceptors (Lipinski definition) is 3. The van der Waals surface area contributed by atoms with Gasteiger partial charge in [-0.15, -0.1) is 0 Å². The lowest BCUT2D eigenvalue weighted by Crippen LogP contribution is -2.36. The largest absolute Gasteiger partial charge is 0.464 e. The number of rotatable bonds is 11. The van der Waals surface area contributed by atoms with Crippen molar-refractivity contribution in [2.75, 3.05) is 6.61 Å². The normalized spacial score (nSPS) is 18.2. The maximum absolute atomic E-state index is 11.6. The molecule has 1 saturated heterocycles. The number of esters is 1. The zero-order chi connectivity index (χ0) is 16.0. The highest BCUT2D eigenvalue weighted by atomic mass is 16.5. The third kappa shape index (κ3) is 8.65. The number of ether oxygens (including phenoxy) is 1.